The van der Waals surface area contributed by atoms with Gasteiger partial charge in [0.25, 0.3) is 0 Å². The van der Waals surface area contributed by atoms with E-state index in [2.05, 4.69) is 23.2 Å². The summed E-state index contributed by atoms with van der Waals surface area (Å²) in [7, 11) is 0. The van der Waals surface area contributed by atoms with Crippen molar-refractivity contribution in [1.82, 2.24) is 4.98 Å². The van der Waals surface area contributed by atoms with E-state index in [0.717, 1.165) is 27.6 Å². The van der Waals surface area contributed by atoms with Crippen LogP contribution in [0.5, 0.6) is 0 Å². The first-order chi connectivity index (χ1) is 9.13. The van der Waals surface area contributed by atoms with Crippen LogP contribution in [-0.2, 0) is 24.1 Å². The molecule has 3 nitrogen and oxygen atoms in total. The first kappa shape index (κ1) is 12.4. The monoisotopic (exact) mass is 273 g/mol. The maximum Gasteiger partial charge on any atom is 0.308 e. The van der Waals surface area contributed by atoms with Crippen LogP contribution in [0.1, 0.15) is 28.1 Å². The van der Waals surface area contributed by atoms with Crippen LogP contribution in [0.15, 0.2) is 18.2 Å². The van der Waals surface area contributed by atoms with E-state index in [4.69, 9.17) is 5.11 Å². The predicted octanol–water partition coefficient (Wildman–Crippen LogP) is 3.23. The van der Waals surface area contributed by atoms with E-state index >= 15 is 0 Å². The average Bonchev–Trinajstić information content (AvgIpc) is 2.95. The van der Waals surface area contributed by atoms with Crippen LogP contribution in [0.3, 0.4) is 0 Å². The van der Waals surface area contributed by atoms with Gasteiger partial charge < -0.3 is 5.11 Å². The number of thiazole rings is 1. The third-order valence-electron chi connectivity index (χ3n) is 3.55. The Morgan fingerprint density at radius 2 is 2.16 bits per heavy atom. The van der Waals surface area contributed by atoms with E-state index in [-0.39, 0.29) is 6.42 Å². The molecule has 1 heterocycles. The fourth-order valence-corrected chi connectivity index (χ4v) is 3.61. The molecule has 1 N–H and O–H groups in total. The van der Waals surface area contributed by atoms with Gasteiger partial charge in [-0.25, -0.2) is 4.98 Å². The molecule has 1 aliphatic carbocycles. The Balaban J connectivity index is 1.96. The molecule has 4 heteroatoms. The molecular formula is C15H15NO2S. The van der Waals surface area contributed by atoms with Crippen molar-refractivity contribution in [2.75, 3.05) is 0 Å². The third-order valence-corrected chi connectivity index (χ3v) is 4.76. The van der Waals surface area contributed by atoms with Crippen LogP contribution in [0, 0.1) is 6.92 Å². The summed E-state index contributed by atoms with van der Waals surface area (Å²) in [5, 5.41) is 9.81. The zero-order valence-electron chi connectivity index (χ0n) is 10.8. The summed E-state index contributed by atoms with van der Waals surface area (Å²) in [6, 6.07) is 6.50. The van der Waals surface area contributed by atoms with Gasteiger partial charge in [0.05, 0.1) is 12.1 Å². The summed E-state index contributed by atoms with van der Waals surface area (Å²) in [5.41, 5.74) is 4.82. The van der Waals surface area contributed by atoms with Gasteiger partial charge >= 0.3 is 5.97 Å². The zero-order valence-corrected chi connectivity index (χ0v) is 11.6. The Labute approximate surface area is 115 Å². The first-order valence-electron chi connectivity index (χ1n) is 6.44. The van der Waals surface area contributed by atoms with Gasteiger partial charge in [-0.3, -0.25) is 4.79 Å². The third kappa shape index (κ3) is 2.40. The first-order valence-corrected chi connectivity index (χ1v) is 7.25. The van der Waals surface area contributed by atoms with E-state index < -0.39 is 5.97 Å². The fraction of sp³-hybridized carbons (Fsp3) is 0.333. The second-order valence-corrected chi connectivity index (χ2v) is 6.02. The van der Waals surface area contributed by atoms with Crippen molar-refractivity contribution in [3.63, 3.8) is 0 Å². The number of benzene rings is 1. The molecule has 0 amide bonds. The molecule has 0 saturated carbocycles. The number of aryl methyl sites for hydroxylation is 3. The van der Waals surface area contributed by atoms with Crippen LogP contribution in [0.2, 0.25) is 0 Å². The van der Waals surface area contributed by atoms with Gasteiger partial charge in [-0.1, -0.05) is 12.1 Å². The largest absolute Gasteiger partial charge is 0.481 e. The van der Waals surface area contributed by atoms with Crippen molar-refractivity contribution < 1.29 is 9.90 Å². The minimum absolute atomic E-state index is 0.0639. The number of fused-ring (bicyclic) bond motifs is 1. The maximum atomic E-state index is 10.8. The van der Waals surface area contributed by atoms with Gasteiger partial charge in [0.2, 0.25) is 0 Å². The van der Waals surface area contributed by atoms with E-state index in [1.165, 1.54) is 35.3 Å². The molecule has 1 aromatic carbocycles. The number of aliphatic carboxylic acids is 1. The molecule has 3 rings (SSSR count). The fourth-order valence-electron chi connectivity index (χ4n) is 2.56. The van der Waals surface area contributed by atoms with Crippen molar-refractivity contribution in [3.05, 3.63) is 39.9 Å². The van der Waals surface area contributed by atoms with E-state index in [1.54, 1.807) is 0 Å². The molecule has 0 saturated heterocycles. The van der Waals surface area contributed by atoms with Gasteiger partial charge in [0.15, 0.2) is 0 Å². The topological polar surface area (TPSA) is 50.2 Å². The van der Waals surface area contributed by atoms with Gasteiger partial charge in [-0.05, 0) is 43.4 Å². The summed E-state index contributed by atoms with van der Waals surface area (Å²) >= 11 is 1.49. The summed E-state index contributed by atoms with van der Waals surface area (Å²) in [5.74, 6) is -0.799. The minimum atomic E-state index is -0.799. The lowest BCUT2D eigenvalue weighted by Crippen LogP contribution is -1.99. The molecule has 98 valence electrons. The highest BCUT2D eigenvalue weighted by atomic mass is 32.1. The number of nitrogens with zero attached hydrogens (tertiary/aromatic N) is 1. The van der Waals surface area contributed by atoms with Gasteiger partial charge in [-0.15, -0.1) is 11.3 Å². The number of carbonyl (C=O) groups is 1. The second kappa shape index (κ2) is 4.78. The Bertz CT molecular complexity index is 646. The second-order valence-electron chi connectivity index (χ2n) is 4.94. The van der Waals surface area contributed by atoms with Crippen LogP contribution in [-0.4, -0.2) is 16.1 Å². The van der Waals surface area contributed by atoms with E-state index in [0.29, 0.717) is 0 Å². The highest BCUT2D eigenvalue weighted by Crippen LogP contribution is 2.32. The lowest BCUT2D eigenvalue weighted by molar-refractivity contribution is -0.136. The molecule has 19 heavy (non-hydrogen) atoms. The summed E-state index contributed by atoms with van der Waals surface area (Å²) in [4.78, 5) is 16.2. The molecular weight excluding hydrogens is 258 g/mol. The normalized spacial score (nSPS) is 13.5. The van der Waals surface area contributed by atoms with Crippen LogP contribution in [0.25, 0.3) is 10.6 Å². The molecule has 0 bridgehead atoms. The molecule has 2 aromatic rings. The zero-order chi connectivity index (χ0) is 13.4. The average molecular weight is 273 g/mol. The number of aromatic nitrogens is 1. The molecule has 0 fully saturated rings. The summed E-state index contributed by atoms with van der Waals surface area (Å²) in [6.07, 6.45) is 3.63. The van der Waals surface area contributed by atoms with Crippen LogP contribution >= 0.6 is 11.3 Å². The molecule has 0 unspecified atom stereocenters. The highest BCUT2D eigenvalue weighted by Gasteiger charge is 2.15. The molecule has 0 spiro atoms. The molecule has 0 aliphatic heterocycles. The SMILES string of the molecule is Cc1nc(-c2ccc3c(c2)CCC3)sc1CC(=O)O. The Kier molecular flexibility index (Phi) is 3.11. The van der Waals surface area contributed by atoms with Crippen molar-refractivity contribution in [3.8, 4) is 10.6 Å². The van der Waals surface area contributed by atoms with E-state index in [9.17, 15) is 4.79 Å². The van der Waals surface area contributed by atoms with Crippen molar-refractivity contribution in [2.45, 2.75) is 32.6 Å². The lowest BCUT2D eigenvalue weighted by Gasteiger charge is -2.01. The summed E-state index contributed by atoms with van der Waals surface area (Å²) < 4.78 is 0. The quantitative estimate of drug-likeness (QED) is 0.934. The van der Waals surface area contributed by atoms with Crippen LogP contribution < -0.4 is 0 Å². The lowest BCUT2D eigenvalue weighted by atomic mass is 10.1. The van der Waals surface area contributed by atoms with Crippen molar-refractivity contribution >= 4 is 17.3 Å². The van der Waals surface area contributed by atoms with Crippen molar-refractivity contribution in [1.29, 1.82) is 0 Å². The standard InChI is InChI=1S/C15H15NO2S/c1-9-13(8-14(17)18)19-15(16-9)12-6-5-10-3-2-4-11(10)7-12/h5-7H,2-4,8H2,1H3,(H,17,18). The maximum absolute atomic E-state index is 10.8. The van der Waals surface area contributed by atoms with Gasteiger partial charge in [0, 0.05) is 10.4 Å². The number of carboxylic acid groups (broad SMARTS) is 1. The smallest absolute Gasteiger partial charge is 0.308 e. The molecule has 0 radical (unpaired) electrons. The van der Waals surface area contributed by atoms with E-state index in [1.807, 2.05) is 6.92 Å². The van der Waals surface area contributed by atoms with Crippen LogP contribution in [0.4, 0.5) is 0 Å². The number of rotatable bonds is 3. The minimum Gasteiger partial charge on any atom is -0.481 e. The van der Waals surface area contributed by atoms with Gasteiger partial charge in [0.1, 0.15) is 5.01 Å². The Hall–Kier alpha value is -1.68. The number of hydrogen-bond donors (Lipinski definition) is 1. The molecule has 1 aromatic heterocycles. The molecule has 0 atom stereocenters. The Morgan fingerprint density at radius 3 is 2.95 bits per heavy atom. The highest BCUT2D eigenvalue weighted by molar-refractivity contribution is 7.15. The molecule has 1 aliphatic rings. The van der Waals surface area contributed by atoms with Gasteiger partial charge in [-0.2, -0.15) is 0 Å². The number of hydrogen-bond acceptors (Lipinski definition) is 3. The Morgan fingerprint density at radius 1 is 1.37 bits per heavy atom. The van der Waals surface area contributed by atoms with Crippen molar-refractivity contribution in [2.24, 2.45) is 0 Å². The summed E-state index contributed by atoms with van der Waals surface area (Å²) in [6.45, 7) is 1.88. The number of carboxylic acids is 1. The predicted molar refractivity (Wildman–Crippen MR) is 75.7 cm³/mol.